The molecule has 1 aromatic carbocycles. The number of dihydropyridines is 1. The molecule has 294 valence electrons. The van der Waals surface area contributed by atoms with Crippen LogP contribution in [0.25, 0.3) is 0 Å². The number of pyridine rings is 1. The molecule has 2 aromatic rings. The Balaban J connectivity index is 0.000000825. The van der Waals surface area contributed by atoms with Gasteiger partial charge < -0.3 is 35.7 Å². The van der Waals surface area contributed by atoms with Crippen LogP contribution in [0.4, 0.5) is 11.5 Å². The van der Waals surface area contributed by atoms with Crippen LogP contribution in [0.2, 0.25) is 5.02 Å². The van der Waals surface area contributed by atoms with E-state index in [1.54, 1.807) is 62.3 Å². The summed E-state index contributed by atoms with van der Waals surface area (Å²) in [6.45, 7) is 12.3. The Hall–Kier alpha value is -4.57. The number of aryl methyl sites for hydroxylation is 1. The van der Waals surface area contributed by atoms with Crippen LogP contribution in [-0.2, 0) is 11.2 Å². The van der Waals surface area contributed by atoms with Crippen LogP contribution >= 0.6 is 23.4 Å². The van der Waals surface area contributed by atoms with Crippen molar-refractivity contribution in [1.29, 1.82) is 10.7 Å². The maximum Gasteiger partial charge on any atom is 0.292 e. The first-order valence-electron chi connectivity index (χ1n) is 18.0. The highest BCUT2D eigenvalue weighted by molar-refractivity contribution is 7.97. The molecule has 0 saturated carbocycles. The monoisotopic (exact) mass is 778 g/mol. The number of allylic oxidation sites excluding steroid dienone is 4. The minimum Gasteiger partial charge on any atom is -0.456 e. The van der Waals surface area contributed by atoms with E-state index in [1.165, 1.54) is 6.21 Å². The number of carbonyl (C=O) groups excluding carboxylic acids is 1. The number of nitrogens with zero attached hydrogens (tertiary/aromatic N) is 5. The summed E-state index contributed by atoms with van der Waals surface area (Å²) in [6.07, 6.45) is 23.3. The van der Waals surface area contributed by atoms with E-state index < -0.39 is 0 Å². The van der Waals surface area contributed by atoms with E-state index >= 15 is 0 Å². The van der Waals surface area contributed by atoms with Crippen molar-refractivity contribution < 1.29 is 14.3 Å². The zero-order valence-electron chi connectivity index (χ0n) is 33.4. The lowest BCUT2D eigenvalue weighted by Gasteiger charge is -2.26. The molecule has 4 N–H and O–H groups in total. The predicted octanol–water partition coefficient (Wildman–Crippen LogP) is 8.82. The Morgan fingerprint density at radius 1 is 1.26 bits per heavy atom. The number of likely N-dealkylation sites (N-methyl/N-ethyl adjacent to an activating group) is 1. The SMILES string of the molecule is CC(=O)/C=C/CN(C)C.CC=C1C=C(Oc2ccc(N=C(N)c3nc4c(cc3OC#N)CCC(C)CN4CCCCC)cc2Cl)C=CN1.CC=N.CSC. The fourth-order valence-corrected chi connectivity index (χ4v) is 5.30. The molecule has 1 atom stereocenters. The molecule has 11 nitrogen and oxygen atoms in total. The third-order valence-corrected chi connectivity index (χ3v) is 7.83. The molecule has 0 saturated heterocycles. The second-order valence-corrected chi connectivity index (χ2v) is 14.0. The largest absolute Gasteiger partial charge is 0.456 e. The number of carbonyl (C=O) groups is 1. The van der Waals surface area contributed by atoms with E-state index in [0.29, 0.717) is 39.6 Å². The number of nitriles is 1. The number of hydrogen-bond donors (Lipinski definition) is 3. The van der Waals surface area contributed by atoms with Gasteiger partial charge in [0, 0.05) is 37.6 Å². The summed E-state index contributed by atoms with van der Waals surface area (Å²) in [4.78, 5) is 24.1. The summed E-state index contributed by atoms with van der Waals surface area (Å²) in [6, 6.07) is 7.08. The molecule has 4 rings (SSSR count). The van der Waals surface area contributed by atoms with Crippen molar-refractivity contribution in [3.63, 3.8) is 0 Å². The molecule has 0 fully saturated rings. The smallest absolute Gasteiger partial charge is 0.292 e. The van der Waals surface area contributed by atoms with Crippen molar-refractivity contribution in [2.24, 2.45) is 16.6 Å². The topological polar surface area (TPSA) is 153 Å². The third kappa shape index (κ3) is 18.0. The lowest BCUT2D eigenvalue weighted by molar-refractivity contribution is -0.112. The summed E-state index contributed by atoms with van der Waals surface area (Å²) in [5.41, 5.74) is 9.32. The van der Waals surface area contributed by atoms with Gasteiger partial charge >= 0.3 is 0 Å². The van der Waals surface area contributed by atoms with Crippen molar-refractivity contribution in [2.45, 2.75) is 66.7 Å². The van der Waals surface area contributed by atoms with Gasteiger partial charge in [0.15, 0.2) is 23.1 Å². The zero-order chi connectivity index (χ0) is 40.5. The van der Waals surface area contributed by atoms with E-state index in [4.69, 9.17) is 37.2 Å². The minimum atomic E-state index is 0.108. The number of amidine groups is 1. The van der Waals surface area contributed by atoms with E-state index in [1.807, 2.05) is 68.8 Å². The summed E-state index contributed by atoms with van der Waals surface area (Å²) < 4.78 is 11.3. The fourth-order valence-electron chi connectivity index (χ4n) is 5.08. The number of rotatable bonds is 12. The fraction of sp³-hybridized carbons (Fsp3) is 0.439. The lowest BCUT2D eigenvalue weighted by atomic mass is 10.0. The average Bonchev–Trinajstić information content (AvgIpc) is 3.27. The maximum absolute atomic E-state index is 10.3. The number of aliphatic imine (C=N–C) groups is 1. The molecule has 3 heterocycles. The minimum absolute atomic E-state index is 0.108. The van der Waals surface area contributed by atoms with Gasteiger partial charge in [0.2, 0.25) is 0 Å². The van der Waals surface area contributed by atoms with Crippen molar-refractivity contribution in [3.8, 4) is 17.8 Å². The van der Waals surface area contributed by atoms with Crippen LogP contribution in [0.3, 0.4) is 0 Å². The number of unbranched alkanes of at least 4 members (excludes halogenated alkanes) is 2. The molecule has 0 spiro atoms. The van der Waals surface area contributed by atoms with Gasteiger partial charge in [-0.05, 0) is 121 Å². The lowest BCUT2D eigenvalue weighted by Crippen LogP contribution is -2.30. The van der Waals surface area contributed by atoms with Crippen molar-refractivity contribution >= 4 is 52.7 Å². The number of benzene rings is 1. The third-order valence-electron chi connectivity index (χ3n) is 7.53. The molecule has 54 heavy (non-hydrogen) atoms. The molecule has 0 bridgehead atoms. The summed E-state index contributed by atoms with van der Waals surface area (Å²) >= 11 is 8.28. The number of halogens is 1. The number of hydrogen-bond acceptors (Lipinski definition) is 11. The number of thioether (sulfide) groups is 1. The Morgan fingerprint density at radius 2 is 1.96 bits per heavy atom. The normalized spacial score (nSPS) is 15.5. The van der Waals surface area contributed by atoms with Gasteiger partial charge in [-0.2, -0.15) is 11.8 Å². The highest BCUT2D eigenvalue weighted by Gasteiger charge is 2.24. The van der Waals surface area contributed by atoms with Crippen LogP contribution in [0, 0.1) is 22.8 Å². The molecule has 2 aliphatic rings. The summed E-state index contributed by atoms with van der Waals surface area (Å²) in [5.74, 6) is 3.12. The van der Waals surface area contributed by atoms with Crippen molar-refractivity contribution in [1.82, 2.24) is 15.2 Å². The average molecular weight is 779 g/mol. The van der Waals surface area contributed by atoms with E-state index in [0.717, 1.165) is 68.8 Å². The molecular formula is C41H59ClN8O3S. The highest BCUT2D eigenvalue weighted by Crippen LogP contribution is 2.34. The van der Waals surface area contributed by atoms with E-state index in [9.17, 15) is 10.1 Å². The molecular weight excluding hydrogens is 720 g/mol. The molecule has 2 aliphatic heterocycles. The van der Waals surface area contributed by atoms with E-state index in [2.05, 4.69) is 29.1 Å². The van der Waals surface area contributed by atoms with Gasteiger partial charge in [0.05, 0.1) is 10.7 Å². The summed E-state index contributed by atoms with van der Waals surface area (Å²) in [5, 5.41) is 18.9. The van der Waals surface area contributed by atoms with Gasteiger partial charge in [-0.25, -0.2) is 9.98 Å². The number of fused-ring (bicyclic) bond motifs is 1. The molecule has 0 aliphatic carbocycles. The Bertz CT molecular complexity index is 1680. The van der Waals surface area contributed by atoms with E-state index in [-0.39, 0.29) is 11.6 Å². The van der Waals surface area contributed by atoms with Gasteiger partial charge in [-0.15, -0.1) is 5.26 Å². The van der Waals surface area contributed by atoms with Crippen LogP contribution in [-0.4, -0.2) is 74.0 Å². The molecule has 0 radical (unpaired) electrons. The number of ketones is 1. The second-order valence-electron chi connectivity index (χ2n) is 12.8. The number of nitrogens with two attached hydrogens (primary N) is 1. The number of ether oxygens (including phenoxy) is 2. The number of anilines is 1. The van der Waals surface area contributed by atoms with Crippen LogP contribution < -0.4 is 25.4 Å². The summed E-state index contributed by atoms with van der Waals surface area (Å²) in [7, 11) is 3.93. The van der Waals surface area contributed by atoms with Crippen LogP contribution in [0.5, 0.6) is 11.5 Å². The molecule has 1 aromatic heterocycles. The maximum atomic E-state index is 10.3. The quantitative estimate of drug-likeness (QED) is 0.0627. The second kappa shape index (κ2) is 27.1. The Morgan fingerprint density at radius 3 is 2.56 bits per heavy atom. The predicted molar refractivity (Wildman–Crippen MR) is 229 cm³/mol. The molecule has 1 unspecified atom stereocenters. The highest BCUT2D eigenvalue weighted by atomic mass is 35.5. The standard InChI is InChI=1S/C30H35ClN6O2.C7H13NO.C2H5N.C2H6S/c1-4-6-7-14-37-18-20(3)8-9-21-15-27(38-19-32)28(36-30(21)37)29(33)35-23-10-11-26(25(31)17-23)39-24-12-13-34-22(5-2)16-24;1-7(9)5-4-6-8(2)3;1-2-3;1-3-2/h5,10-13,15-17,20,34H,4,6-9,14,18H2,1-3H3,(H2,33,35);4-5H,6H2,1-3H3;2-3H,1H3;1-2H3/b;5-4+;;. The van der Waals surface area contributed by atoms with Gasteiger partial charge in [-0.1, -0.05) is 50.4 Å². The molecule has 13 heteroatoms. The van der Waals surface area contributed by atoms with Gasteiger partial charge in [0.1, 0.15) is 17.3 Å². The first kappa shape index (κ1) is 47.5. The van der Waals surface area contributed by atoms with Crippen LogP contribution in [0.1, 0.15) is 71.6 Å². The number of nitrogens with one attached hydrogen (secondary N) is 2. The van der Waals surface area contributed by atoms with Crippen molar-refractivity contribution in [3.05, 3.63) is 88.6 Å². The first-order valence-corrected chi connectivity index (χ1v) is 20.0. The van der Waals surface area contributed by atoms with Gasteiger partial charge in [0.25, 0.3) is 6.26 Å². The first-order chi connectivity index (χ1) is 25.9. The molecule has 0 amide bonds. The Kier molecular flexibility index (Phi) is 23.8. The van der Waals surface area contributed by atoms with Gasteiger partial charge in [-0.3, -0.25) is 4.79 Å². The van der Waals surface area contributed by atoms with Crippen LogP contribution in [0.15, 0.2) is 77.3 Å². The zero-order valence-corrected chi connectivity index (χ0v) is 35.0. The van der Waals surface area contributed by atoms with Crippen molar-refractivity contribution in [2.75, 3.05) is 51.1 Å². The Labute approximate surface area is 332 Å². The number of aromatic nitrogens is 1.